The molecule has 106 valence electrons. The quantitative estimate of drug-likeness (QED) is 0.564. The van der Waals surface area contributed by atoms with E-state index in [0.717, 1.165) is 21.1 Å². The first kappa shape index (κ1) is 13.4. The summed E-state index contributed by atoms with van der Waals surface area (Å²) in [5, 5.41) is 2.05. The monoisotopic (exact) mass is 320 g/mol. The van der Waals surface area contributed by atoms with Crippen LogP contribution in [-0.2, 0) is 0 Å². The lowest BCUT2D eigenvalue weighted by molar-refractivity contribution is 0.366. The molecule has 2 aromatic heterocycles. The predicted octanol–water partition coefficient (Wildman–Crippen LogP) is 5.14. The summed E-state index contributed by atoms with van der Waals surface area (Å²) in [5.74, 6) is 7.40. The van der Waals surface area contributed by atoms with E-state index in [1.807, 2.05) is 35.7 Å². The van der Waals surface area contributed by atoms with E-state index in [1.165, 1.54) is 10.5 Å². The van der Waals surface area contributed by atoms with Gasteiger partial charge < -0.3 is 4.74 Å². The third kappa shape index (κ3) is 2.71. The first-order chi connectivity index (χ1) is 10.9. The molecule has 0 bridgehead atoms. The molecule has 3 aromatic rings. The standard InChI is InChI=1S/C19H12OS2/c1-2-6-18-14(4-1)12-15(13-20-18)19-10-9-17(22-19)8-7-16-5-3-11-21-16/h1-6,9-12H,13H2. The van der Waals surface area contributed by atoms with Crippen LogP contribution in [0.25, 0.3) is 11.6 Å². The van der Waals surface area contributed by atoms with Gasteiger partial charge in [0.05, 0.1) is 9.75 Å². The second-order valence-corrected chi connectivity index (χ2v) is 6.92. The van der Waals surface area contributed by atoms with E-state index in [1.54, 1.807) is 22.7 Å². The van der Waals surface area contributed by atoms with Crippen LogP contribution in [0.2, 0.25) is 0 Å². The average molecular weight is 320 g/mol. The van der Waals surface area contributed by atoms with Crippen molar-refractivity contribution in [3.05, 3.63) is 74.1 Å². The summed E-state index contributed by atoms with van der Waals surface area (Å²) in [5.41, 5.74) is 2.36. The molecule has 0 fully saturated rings. The molecule has 0 aliphatic carbocycles. The van der Waals surface area contributed by atoms with Crippen molar-refractivity contribution in [1.29, 1.82) is 0 Å². The molecule has 1 aromatic carbocycles. The molecule has 0 saturated carbocycles. The van der Waals surface area contributed by atoms with Crippen molar-refractivity contribution in [3.63, 3.8) is 0 Å². The zero-order valence-corrected chi connectivity index (χ0v) is 13.3. The zero-order valence-electron chi connectivity index (χ0n) is 11.7. The number of para-hydroxylation sites is 1. The Morgan fingerprint density at radius 1 is 0.909 bits per heavy atom. The van der Waals surface area contributed by atoms with E-state index >= 15 is 0 Å². The number of hydrogen-bond donors (Lipinski definition) is 0. The summed E-state index contributed by atoms with van der Waals surface area (Å²) in [6.07, 6.45) is 2.21. The Kier molecular flexibility index (Phi) is 3.56. The van der Waals surface area contributed by atoms with Gasteiger partial charge in [-0.25, -0.2) is 0 Å². The third-order valence-corrected chi connectivity index (χ3v) is 5.25. The molecule has 22 heavy (non-hydrogen) atoms. The zero-order chi connectivity index (χ0) is 14.8. The van der Waals surface area contributed by atoms with E-state index in [0.29, 0.717) is 6.61 Å². The Bertz CT molecular complexity index is 889. The highest BCUT2D eigenvalue weighted by Gasteiger charge is 2.13. The molecule has 0 saturated heterocycles. The smallest absolute Gasteiger partial charge is 0.127 e. The summed E-state index contributed by atoms with van der Waals surface area (Å²) >= 11 is 3.39. The SMILES string of the molecule is C(#Cc1ccc(C2=Cc3ccccc3OC2)s1)c1cccs1. The van der Waals surface area contributed by atoms with Crippen molar-refractivity contribution in [3.8, 4) is 17.6 Å². The third-order valence-electron chi connectivity index (χ3n) is 3.38. The number of fused-ring (bicyclic) bond motifs is 1. The fourth-order valence-corrected chi connectivity index (χ4v) is 3.74. The first-order valence-corrected chi connectivity index (χ1v) is 8.66. The normalized spacial score (nSPS) is 12.6. The van der Waals surface area contributed by atoms with Crippen LogP contribution in [0.3, 0.4) is 0 Å². The second kappa shape index (κ2) is 5.84. The first-order valence-electron chi connectivity index (χ1n) is 6.97. The lowest BCUT2D eigenvalue weighted by Crippen LogP contribution is -2.05. The fourth-order valence-electron chi connectivity index (χ4n) is 2.31. The summed E-state index contributed by atoms with van der Waals surface area (Å²) < 4.78 is 5.82. The van der Waals surface area contributed by atoms with Gasteiger partial charge in [0, 0.05) is 16.0 Å². The Labute approximate surface area is 137 Å². The Morgan fingerprint density at radius 3 is 2.73 bits per heavy atom. The number of benzene rings is 1. The van der Waals surface area contributed by atoms with Crippen LogP contribution in [0.1, 0.15) is 20.2 Å². The highest BCUT2D eigenvalue weighted by Crippen LogP contribution is 2.33. The van der Waals surface area contributed by atoms with Gasteiger partial charge in [0.15, 0.2) is 0 Å². The molecule has 3 heterocycles. The van der Waals surface area contributed by atoms with Gasteiger partial charge in [-0.3, -0.25) is 0 Å². The molecular weight excluding hydrogens is 308 g/mol. The van der Waals surface area contributed by atoms with Crippen molar-refractivity contribution in [2.75, 3.05) is 6.61 Å². The van der Waals surface area contributed by atoms with Gasteiger partial charge in [-0.05, 0) is 47.6 Å². The number of ether oxygens (including phenoxy) is 1. The molecule has 1 aliphatic rings. The summed E-state index contributed by atoms with van der Waals surface area (Å²) in [4.78, 5) is 3.41. The summed E-state index contributed by atoms with van der Waals surface area (Å²) in [6, 6.07) is 16.4. The Balaban J connectivity index is 1.61. The van der Waals surface area contributed by atoms with Gasteiger partial charge in [0.25, 0.3) is 0 Å². The molecule has 0 radical (unpaired) electrons. The van der Waals surface area contributed by atoms with E-state index in [4.69, 9.17) is 4.74 Å². The van der Waals surface area contributed by atoms with E-state index in [-0.39, 0.29) is 0 Å². The van der Waals surface area contributed by atoms with Crippen LogP contribution in [-0.4, -0.2) is 6.61 Å². The molecule has 0 amide bonds. The topological polar surface area (TPSA) is 9.23 Å². The van der Waals surface area contributed by atoms with Gasteiger partial charge in [0.1, 0.15) is 12.4 Å². The molecule has 0 atom stereocenters. The van der Waals surface area contributed by atoms with Crippen LogP contribution in [0.4, 0.5) is 0 Å². The van der Waals surface area contributed by atoms with Crippen molar-refractivity contribution < 1.29 is 4.74 Å². The van der Waals surface area contributed by atoms with Crippen LogP contribution < -0.4 is 4.74 Å². The maximum atomic E-state index is 5.82. The highest BCUT2D eigenvalue weighted by molar-refractivity contribution is 7.13. The summed E-state index contributed by atoms with van der Waals surface area (Å²) in [7, 11) is 0. The number of hydrogen-bond acceptors (Lipinski definition) is 3. The Morgan fingerprint density at radius 2 is 1.82 bits per heavy atom. The lowest BCUT2D eigenvalue weighted by atomic mass is 10.1. The number of thiophene rings is 2. The minimum atomic E-state index is 0.620. The molecule has 3 heteroatoms. The van der Waals surface area contributed by atoms with Crippen molar-refractivity contribution in [1.82, 2.24) is 0 Å². The Hall–Kier alpha value is -2.28. The molecule has 0 N–H and O–H groups in total. The highest BCUT2D eigenvalue weighted by atomic mass is 32.1. The minimum absolute atomic E-state index is 0.620. The van der Waals surface area contributed by atoms with Gasteiger partial charge in [-0.2, -0.15) is 0 Å². The largest absolute Gasteiger partial charge is 0.488 e. The molecule has 1 aliphatic heterocycles. The maximum absolute atomic E-state index is 5.82. The van der Waals surface area contributed by atoms with Gasteiger partial charge in [0.2, 0.25) is 0 Å². The minimum Gasteiger partial charge on any atom is -0.488 e. The van der Waals surface area contributed by atoms with Crippen molar-refractivity contribution >= 4 is 34.3 Å². The fraction of sp³-hybridized carbons (Fsp3) is 0.0526. The molecule has 4 rings (SSSR count). The average Bonchev–Trinajstić information content (AvgIpc) is 3.24. The molecule has 0 unspecified atom stereocenters. The van der Waals surface area contributed by atoms with E-state index < -0.39 is 0 Å². The van der Waals surface area contributed by atoms with E-state index in [2.05, 4.69) is 36.1 Å². The molecule has 0 spiro atoms. The summed E-state index contributed by atoms with van der Waals surface area (Å²) in [6.45, 7) is 0.620. The number of rotatable bonds is 1. The van der Waals surface area contributed by atoms with Gasteiger partial charge >= 0.3 is 0 Å². The van der Waals surface area contributed by atoms with Crippen molar-refractivity contribution in [2.45, 2.75) is 0 Å². The van der Waals surface area contributed by atoms with Crippen LogP contribution in [0.15, 0.2) is 53.9 Å². The second-order valence-electron chi connectivity index (χ2n) is 4.89. The van der Waals surface area contributed by atoms with Crippen LogP contribution >= 0.6 is 22.7 Å². The predicted molar refractivity (Wildman–Crippen MR) is 94.4 cm³/mol. The van der Waals surface area contributed by atoms with Crippen molar-refractivity contribution in [2.24, 2.45) is 0 Å². The lowest BCUT2D eigenvalue weighted by Gasteiger charge is -2.16. The van der Waals surface area contributed by atoms with E-state index in [9.17, 15) is 0 Å². The van der Waals surface area contributed by atoms with Crippen LogP contribution in [0.5, 0.6) is 5.75 Å². The maximum Gasteiger partial charge on any atom is 0.127 e. The van der Waals surface area contributed by atoms with Gasteiger partial charge in [-0.15, -0.1) is 22.7 Å². The molecule has 1 nitrogen and oxygen atoms in total. The molecular formula is C19H12OS2. The van der Waals surface area contributed by atoms with Gasteiger partial charge in [-0.1, -0.05) is 24.3 Å². The van der Waals surface area contributed by atoms with Crippen LogP contribution in [0, 0.1) is 11.8 Å².